The first-order valence-electron chi connectivity index (χ1n) is 7.17. The second kappa shape index (κ2) is 9.57. The van der Waals surface area contributed by atoms with E-state index in [4.69, 9.17) is 5.11 Å². The van der Waals surface area contributed by atoms with E-state index in [1.165, 1.54) is 30.6 Å². The summed E-state index contributed by atoms with van der Waals surface area (Å²) in [5.74, 6) is 5.92. The van der Waals surface area contributed by atoms with E-state index in [9.17, 15) is 4.79 Å². The monoisotopic (exact) mass is 293 g/mol. The first-order chi connectivity index (χ1) is 9.71. The molecule has 3 nitrogen and oxygen atoms in total. The molecule has 110 valence electrons. The smallest absolute Gasteiger partial charge is 0.252 e. The number of carbonyl (C=O) groups excluding carboxylic acids is 1. The van der Waals surface area contributed by atoms with Crippen molar-refractivity contribution in [1.82, 2.24) is 5.32 Å². The number of aliphatic hydroxyl groups excluding tert-OH is 1. The average molecular weight is 293 g/mol. The summed E-state index contributed by atoms with van der Waals surface area (Å²) in [5, 5.41) is 13.4. The van der Waals surface area contributed by atoms with E-state index in [2.05, 4.69) is 31.0 Å². The fraction of sp³-hybridized carbons (Fsp3) is 0.562. The molecule has 1 amide bonds. The maximum absolute atomic E-state index is 12.0. The second-order valence-electron chi connectivity index (χ2n) is 4.79. The predicted molar refractivity (Wildman–Crippen MR) is 83.9 cm³/mol. The van der Waals surface area contributed by atoms with Crippen molar-refractivity contribution in [2.45, 2.75) is 39.5 Å². The van der Waals surface area contributed by atoms with Gasteiger partial charge in [-0.25, -0.2) is 0 Å². The third kappa shape index (κ3) is 5.77. The summed E-state index contributed by atoms with van der Waals surface area (Å²) >= 11 is 1.43. The summed E-state index contributed by atoms with van der Waals surface area (Å²) in [4.78, 5) is 12.8. The van der Waals surface area contributed by atoms with Crippen LogP contribution in [0.1, 0.15) is 54.8 Å². The summed E-state index contributed by atoms with van der Waals surface area (Å²) in [6.07, 6.45) is 4.68. The first-order valence-corrected chi connectivity index (χ1v) is 8.05. The zero-order valence-corrected chi connectivity index (χ0v) is 13.1. The molecular formula is C16H23NO2S. The van der Waals surface area contributed by atoms with Crippen molar-refractivity contribution in [1.29, 1.82) is 0 Å². The molecule has 0 bridgehead atoms. The molecule has 0 radical (unpaired) electrons. The highest BCUT2D eigenvalue weighted by atomic mass is 32.1. The topological polar surface area (TPSA) is 49.3 Å². The van der Waals surface area contributed by atoms with Crippen LogP contribution in [0.15, 0.2) is 11.4 Å². The van der Waals surface area contributed by atoms with Crippen molar-refractivity contribution in [2.75, 3.05) is 13.2 Å². The minimum absolute atomic E-state index is 0.0340. The van der Waals surface area contributed by atoms with Crippen molar-refractivity contribution in [3.63, 3.8) is 0 Å². The maximum Gasteiger partial charge on any atom is 0.252 e. The van der Waals surface area contributed by atoms with Gasteiger partial charge in [-0.15, -0.1) is 11.3 Å². The number of aliphatic hydroxyl groups is 1. The van der Waals surface area contributed by atoms with Crippen LogP contribution in [0.2, 0.25) is 0 Å². The van der Waals surface area contributed by atoms with Crippen molar-refractivity contribution in [2.24, 2.45) is 5.92 Å². The Morgan fingerprint density at radius 1 is 1.50 bits per heavy atom. The summed E-state index contributed by atoms with van der Waals surface area (Å²) in [7, 11) is 0. The number of thiophene rings is 1. The highest BCUT2D eigenvalue weighted by Crippen LogP contribution is 2.15. The van der Waals surface area contributed by atoms with Crippen LogP contribution in [0.5, 0.6) is 0 Å². The van der Waals surface area contributed by atoms with Gasteiger partial charge in [0.1, 0.15) is 6.61 Å². The first kappa shape index (κ1) is 16.7. The van der Waals surface area contributed by atoms with Gasteiger partial charge in [0, 0.05) is 11.9 Å². The molecule has 0 spiro atoms. The van der Waals surface area contributed by atoms with E-state index in [1.807, 2.05) is 5.38 Å². The third-order valence-electron chi connectivity index (χ3n) is 3.25. The van der Waals surface area contributed by atoms with Crippen LogP contribution in [0, 0.1) is 17.8 Å². The van der Waals surface area contributed by atoms with Gasteiger partial charge >= 0.3 is 0 Å². The molecule has 1 atom stereocenters. The van der Waals surface area contributed by atoms with Crippen molar-refractivity contribution in [3.05, 3.63) is 21.9 Å². The normalized spacial score (nSPS) is 11.6. The van der Waals surface area contributed by atoms with Crippen LogP contribution in [0.4, 0.5) is 0 Å². The minimum Gasteiger partial charge on any atom is -0.384 e. The van der Waals surface area contributed by atoms with Gasteiger partial charge < -0.3 is 10.4 Å². The van der Waals surface area contributed by atoms with Crippen LogP contribution in [-0.2, 0) is 0 Å². The van der Waals surface area contributed by atoms with Gasteiger partial charge in [0.15, 0.2) is 0 Å². The van der Waals surface area contributed by atoms with E-state index in [0.29, 0.717) is 11.5 Å². The number of rotatable bonds is 7. The van der Waals surface area contributed by atoms with Gasteiger partial charge in [0.25, 0.3) is 5.91 Å². The lowest BCUT2D eigenvalue weighted by atomic mass is 9.99. The molecule has 0 saturated carbocycles. The van der Waals surface area contributed by atoms with E-state index in [1.54, 1.807) is 6.07 Å². The average Bonchev–Trinajstić information content (AvgIpc) is 2.94. The molecule has 1 aromatic heterocycles. The van der Waals surface area contributed by atoms with Crippen LogP contribution < -0.4 is 5.32 Å². The molecule has 4 heteroatoms. The molecule has 0 aliphatic rings. The number of hydrogen-bond donors (Lipinski definition) is 2. The van der Waals surface area contributed by atoms with Gasteiger partial charge in [-0.1, -0.05) is 45.0 Å². The van der Waals surface area contributed by atoms with Crippen LogP contribution in [0.3, 0.4) is 0 Å². The van der Waals surface area contributed by atoms with Crippen LogP contribution in [0.25, 0.3) is 0 Å². The summed E-state index contributed by atoms with van der Waals surface area (Å²) in [5.41, 5.74) is 0.655. The van der Waals surface area contributed by atoms with Crippen molar-refractivity contribution < 1.29 is 9.90 Å². The summed E-state index contributed by atoms with van der Waals surface area (Å²) in [6, 6.07) is 1.77. The lowest BCUT2D eigenvalue weighted by Crippen LogP contribution is -2.28. The fourth-order valence-electron chi connectivity index (χ4n) is 1.93. The number of unbranched alkanes of at least 4 members (excludes halogenated alkanes) is 1. The minimum atomic E-state index is -0.158. The molecule has 0 fully saturated rings. The molecule has 1 aromatic rings. The Hall–Kier alpha value is -1.31. The Morgan fingerprint density at radius 3 is 2.95 bits per heavy atom. The van der Waals surface area contributed by atoms with Gasteiger partial charge in [-0.3, -0.25) is 4.79 Å². The highest BCUT2D eigenvalue weighted by Gasteiger charge is 2.11. The van der Waals surface area contributed by atoms with Gasteiger partial charge in [0.05, 0.1) is 10.4 Å². The van der Waals surface area contributed by atoms with Gasteiger partial charge in [0.2, 0.25) is 0 Å². The Balaban J connectivity index is 2.47. The molecule has 0 aromatic carbocycles. The number of amides is 1. The molecule has 2 N–H and O–H groups in total. The molecule has 1 heterocycles. The molecule has 0 aliphatic heterocycles. The van der Waals surface area contributed by atoms with E-state index in [-0.39, 0.29) is 12.5 Å². The standard InChI is InChI=1S/C16H23NO2S/c1-3-5-7-13(4-2)11-17-16(19)14-10-15(20-12-14)8-6-9-18/h10,12-13,18H,3-5,7,9,11H2,1-2H3,(H,17,19). The van der Waals surface area contributed by atoms with Crippen LogP contribution in [-0.4, -0.2) is 24.2 Å². The summed E-state index contributed by atoms with van der Waals surface area (Å²) in [6.45, 7) is 4.93. The van der Waals surface area contributed by atoms with Crippen molar-refractivity contribution in [3.8, 4) is 11.8 Å². The Labute approximate surface area is 125 Å². The third-order valence-corrected chi connectivity index (χ3v) is 4.09. The molecule has 0 aliphatic carbocycles. The van der Waals surface area contributed by atoms with E-state index < -0.39 is 0 Å². The molecule has 1 unspecified atom stereocenters. The maximum atomic E-state index is 12.0. The number of nitrogens with one attached hydrogen (secondary N) is 1. The lowest BCUT2D eigenvalue weighted by Gasteiger charge is -2.14. The Bertz CT molecular complexity index is 470. The summed E-state index contributed by atoms with van der Waals surface area (Å²) < 4.78 is 0. The van der Waals surface area contributed by atoms with Crippen molar-refractivity contribution >= 4 is 17.2 Å². The van der Waals surface area contributed by atoms with E-state index in [0.717, 1.165) is 17.8 Å². The van der Waals surface area contributed by atoms with Gasteiger partial charge in [-0.2, -0.15) is 0 Å². The Morgan fingerprint density at radius 2 is 2.30 bits per heavy atom. The SMILES string of the molecule is CCCCC(CC)CNC(=O)c1csc(C#CCO)c1. The highest BCUT2D eigenvalue weighted by molar-refractivity contribution is 7.10. The molecule has 1 rings (SSSR count). The Kier molecular flexibility index (Phi) is 8.01. The quantitative estimate of drug-likeness (QED) is 0.759. The predicted octanol–water partition coefficient (Wildman–Crippen LogP) is 3.04. The fourth-order valence-corrected chi connectivity index (χ4v) is 2.69. The van der Waals surface area contributed by atoms with Crippen LogP contribution >= 0.6 is 11.3 Å². The molecule has 0 saturated heterocycles. The largest absolute Gasteiger partial charge is 0.384 e. The number of hydrogen-bond acceptors (Lipinski definition) is 3. The lowest BCUT2D eigenvalue weighted by molar-refractivity contribution is 0.0946. The molecule has 20 heavy (non-hydrogen) atoms. The zero-order chi connectivity index (χ0) is 14.8. The molecular weight excluding hydrogens is 270 g/mol. The second-order valence-corrected chi connectivity index (χ2v) is 5.70. The number of carbonyl (C=O) groups is 1. The zero-order valence-electron chi connectivity index (χ0n) is 12.2. The van der Waals surface area contributed by atoms with Gasteiger partial charge in [-0.05, 0) is 18.4 Å². The van der Waals surface area contributed by atoms with E-state index >= 15 is 0 Å².